The molecular weight excluding hydrogens is 356 g/mol. The molecule has 2 aromatic rings. The van der Waals surface area contributed by atoms with Crippen LogP contribution >= 0.6 is 23.5 Å². The minimum Gasteiger partial charge on any atom is -0.354 e. The number of hydrogen-bond donors (Lipinski definition) is 2. The van der Waals surface area contributed by atoms with Gasteiger partial charge in [0.2, 0.25) is 22.1 Å². The van der Waals surface area contributed by atoms with Crippen molar-refractivity contribution in [3.05, 3.63) is 0 Å². The molecule has 0 bridgehead atoms. The lowest BCUT2D eigenvalue weighted by Gasteiger charge is -2.06. The lowest BCUT2D eigenvalue weighted by Crippen LogP contribution is -2.36. The van der Waals surface area contributed by atoms with E-state index in [1.807, 2.05) is 0 Å². The van der Waals surface area contributed by atoms with Crippen LogP contribution in [0.1, 0.15) is 0 Å². The number of carbonyl (C=O) groups excluding carboxylic acids is 2. The Balaban J connectivity index is 1.54. The Kier molecular flexibility index (Phi) is 6.92. The first-order valence-corrected chi connectivity index (χ1v) is 8.77. The van der Waals surface area contributed by atoms with Crippen LogP contribution < -0.4 is 10.6 Å². The first-order chi connectivity index (χ1) is 11.6. The van der Waals surface area contributed by atoms with Crippen molar-refractivity contribution in [1.29, 1.82) is 0 Å². The van der Waals surface area contributed by atoms with Gasteiger partial charge in [-0.15, -0.1) is 10.2 Å². The van der Waals surface area contributed by atoms with Gasteiger partial charge in [-0.1, -0.05) is 23.5 Å². The molecule has 2 rings (SSSR count). The number of amides is 2. The van der Waals surface area contributed by atoms with E-state index in [2.05, 4.69) is 41.7 Å². The maximum atomic E-state index is 11.7. The molecule has 0 fully saturated rings. The van der Waals surface area contributed by atoms with E-state index in [-0.39, 0.29) is 23.3 Å². The molecule has 14 heteroatoms. The molecule has 130 valence electrons. The summed E-state index contributed by atoms with van der Waals surface area (Å²) in [4.78, 5) is 23.3. The average Bonchev–Trinajstić information content (AvgIpc) is 3.15. The van der Waals surface area contributed by atoms with Crippen molar-refractivity contribution in [3.63, 3.8) is 0 Å². The average molecular weight is 372 g/mol. The Morgan fingerprint density at radius 3 is 1.62 bits per heavy atom. The molecule has 0 unspecified atom stereocenters. The van der Waals surface area contributed by atoms with Gasteiger partial charge in [-0.05, 0) is 20.9 Å². The second-order valence-electron chi connectivity index (χ2n) is 4.45. The third-order valence-corrected chi connectivity index (χ3v) is 4.62. The van der Waals surface area contributed by atoms with Gasteiger partial charge in [-0.3, -0.25) is 9.59 Å². The van der Waals surface area contributed by atoms with Crippen LogP contribution in [0.2, 0.25) is 0 Å². The molecule has 0 aliphatic heterocycles. The van der Waals surface area contributed by atoms with Crippen molar-refractivity contribution >= 4 is 35.3 Å². The molecule has 0 aromatic carbocycles. The van der Waals surface area contributed by atoms with Gasteiger partial charge in [0.15, 0.2) is 0 Å². The van der Waals surface area contributed by atoms with Gasteiger partial charge in [0.05, 0.1) is 11.5 Å². The summed E-state index contributed by atoms with van der Waals surface area (Å²) in [5.74, 6) is 0.0995. The Bertz CT molecular complexity index is 628. The molecular formula is C10H16N10O2S2. The molecule has 0 aliphatic rings. The van der Waals surface area contributed by atoms with Gasteiger partial charge < -0.3 is 10.6 Å². The quantitative estimate of drug-likeness (QED) is 0.369. The van der Waals surface area contributed by atoms with Crippen LogP contribution in [0.5, 0.6) is 0 Å². The number of nitrogens with one attached hydrogen (secondary N) is 2. The molecule has 0 atom stereocenters. The lowest BCUT2D eigenvalue weighted by atomic mass is 10.5. The Morgan fingerprint density at radius 1 is 0.875 bits per heavy atom. The summed E-state index contributed by atoms with van der Waals surface area (Å²) in [6.45, 7) is 0.691. The van der Waals surface area contributed by atoms with Crippen LogP contribution in [-0.4, -0.2) is 76.8 Å². The second kappa shape index (κ2) is 9.17. The zero-order valence-corrected chi connectivity index (χ0v) is 14.7. The Hall–Kier alpha value is -2.22. The molecule has 2 N–H and O–H groups in total. The van der Waals surface area contributed by atoms with E-state index in [4.69, 9.17) is 0 Å². The Labute approximate surface area is 145 Å². The maximum Gasteiger partial charge on any atom is 0.230 e. The van der Waals surface area contributed by atoms with Crippen molar-refractivity contribution < 1.29 is 9.59 Å². The number of hydrogen-bond acceptors (Lipinski definition) is 10. The number of carbonyl (C=O) groups is 2. The van der Waals surface area contributed by atoms with E-state index >= 15 is 0 Å². The summed E-state index contributed by atoms with van der Waals surface area (Å²) in [5.41, 5.74) is 0. The van der Waals surface area contributed by atoms with Gasteiger partial charge in [0.25, 0.3) is 0 Å². The first kappa shape index (κ1) is 18.1. The minimum atomic E-state index is -0.156. The first-order valence-electron chi connectivity index (χ1n) is 6.80. The molecule has 2 aromatic heterocycles. The van der Waals surface area contributed by atoms with Crippen molar-refractivity contribution in [3.8, 4) is 0 Å². The van der Waals surface area contributed by atoms with E-state index in [9.17, 15) is 9.59 Å². The second-order valence-corrected chi connectivity index (χ2v) is 6.33. The molecule has 0 radical (unpaired) electrons. The fourth-order valence-corrected chi connectivity index (χ4v) is 2.81. The van der Waals surface area contributed by atoms with Crippen LogP contribution in [0.25, 0.3) is 0 Å². The summed E-state index contributed by atoms with van der Waals surface area (Å²) in [5, 5.41) is 28.4. The SMILES string of the molecule is Cn1nnnc1SCC(=O)NCCNC(=O)CSc1nnnn1C. The Morgan fingerprint density at radius 2 is 1.29 bits per heavy atom. The number of rotatable bonds is 9. The van der Waals surface area contributed by atoms with Gasteiger partial charge in [0.1, 0.15) is 0 Å². The third-order valence-electron chi connectivity index (χ3n) is 2.60. The zero-order valence-electron chi connectivity index (χ0n) is 13.0. The normalized spacial score (nSPS) is 10.6. The lowest BCUT2D eigenvalue weighted by molar-refractivity contribution is -0.120. The molecule has 2 heterocycles. The summed E-state index contributed by atoms with van der Waals surface area (Å²) in [7, 11) is 3.40. The van der Waals surface area contributed by atoms with Crippen molar-refractivity contribution in [2.75, 3.05) is 24.6 Å². The van der Waals surface area contributed by atoms with Crippen LogP contribution in [0, 0.1) is 0 Å². The number of nitrogens with zero attached hydrogens (tertiary/aromatic N) is 8. The van der Waals surface area contributed by atoms with E-state index in [0.717, 1.165) is 0 Å². The van der Waals surface area contributed by atoms with E-state index in [0.29, 0.717) is 23.4 Å². The van der Waals surface area contributed by atoms with Gasteiger partial charge in [0, 0.05) is 27.2 Å². The predicted molar refractivity (Wildman–Crippen MR) is 85.1 cm³/mol. The molecule has 0 saturated carbocycles. The zero-order chi connectivity index (χ0) is 17.4. The topological polar surface area (TPSA) is 145 Å². The van der Waals surface area contributed by atoms with Crippen LogP contribution in [-0.2, 0) is 23.7 Å². The molecule has 0 spiro atoms. The van der Waals surface area contributed by atoms with Crippen molar-refractivity contribution in [2.24, 2.45) is 14.1 Å². The van der Waals surface area contributed by atoms with Crippen molar-refractivity contribution in [2.45, 2.75) is 10.3 Å². The highest BCUT2D eigenvalue weighted by molar-refractivity contribution is 8.00. The van der Waals surface area contributed by atoms with E-state index < -0.39 is 0 Å². The highest BCUT2D eigenvalue weighted by atomic mass is 32.2. The molecule has 0 aliphatic carbocycles. The number of tetrazole rings is 2. The summed E-state index contributed by atoms with van der Waals surface area (Å²) >= 11 is 2.47. The number of aryl methyl sites for hydroxylation is 2. The predicted octanol–water partition coefficient (Wildman–Crippen LogP) is -2.15. The highest BCUT2D eigenvalue weighted by Crippen LogP contribution is 2.11. The number of aromatic nitrogens is 8. The third kappa shape index (κ3) is 5.77. The molecule has 2 amide bonds. The molecule has 12 nitrogen and oxygen atoms in total. The largest absolute Gasteiger partial charge is 0.354 e. The number of thioether (sulfide) groups is 2. The molecule has 24 heavy (non-hydrogen) atoms. The smallest absolute Gasteiger partial charge is 0.230 e. The minimum absolute atomic E-state index is 0.156. The van der Waals surface area contributed by atoms with Crippen molar-refractivity contribution in [1.82, 2.24) is 51.0 Å². The van der Waals surface area contributed by atoms with E-state index in [1.54, 1.807) is 14.1 Å². The summed E-state index contributed by atoms with van der Waals surface area (Å²) in [6, 6.07) is 0. The van der Waals surface area contributed by atoms with Gasteiger partial charge in [-0.25, -0.2) is 9.36 Å². The fourth-order valence-electron chi connectivity index (χ4n) is 1.45. The fraction of sp³-hybridized carbons (Fsp3) is 0.600. The van der Waals surface area contributed by atoms with Gasteiger partial charge in [-0.2, -0.15) is 0 Å². The monoisotopic (exact) mass is 372 g/mol. The van der Waals surface area contributed by atoms with Crippen LogP contribution in [0.3, 0.4) is 0 Å². The van der Waals surface area contributed by atoms with Crippen LogP contribution in [0.4, 0.5) is 0 Å². The van der Waals surface area contributed by atoms with E-state index in [1.165, 1.54) is 32.9 Å². The maximum absolute atomic E-state index is 11.7. The summed E-state index contributed by atoms with van der Waals surface area (Å²) < 4.78 is 2.98. The van der Waals surface area contributed by atoms with Gasteiger partial charge >= 0.3 is 0 Å². The standard InChI is InChI=1S/C10H16N10O2S2/c1-19-9(13-15-17-19)23-5-7(21)11-3-4-12-8(22)6-24-10-14-16-18-20(10)2/h3-6H2,1-2H3,(H,11,21)(H,12,22). The van der Waals surface area contributed by atoms with Crippen LogP contribution in [0.15, 0.2) is 10.3 Å². The molecule has 0 saturated heterocycles. The highest BCUT2D eigenvalue weighted by Gasteiger charge is 2.09. The summed E-state index contributed by atoms with van der Waals surface area (Å²) in [6.07, 6.45) is 0.